The fourth-order valence-electron chi connectivity index (χ4n) is 1.91. The Labute approximate surface area is 123 Å². The summed E-state index contributed by atoms with van der Waals surface area (Å²) in [4.78, 5) is 23.5. The van der Waals surface area contributed by atoms with E-state index in [0.29, 0.717) is 19.6 Å². The van der Waals surface area contributed by atoms with Gasteiger partial charge in [0.1, 0.15) is 5.75 Å². The molecule has 21 heavy (non-hydrogen) atoms. The maximum absolute atomic E-state index is 11.9. The highest BCUT2D eigenvalue weighted by Crippen LogP contribution is 2.13. The molecule has 2 rings (SSSR count). The summed E-state index contributed by atoms with van der Waals surface area (Å²) in [5.74, 6) is -0.999. The number of hydrazone groups is 1. The number of nitrogens with zero attached hydrogens (tertiary/aromatic N) is 2. The number of esters is 1. The van der Waals surface area contributed by atoms with Crippen molar-refractivity contribution < 1.29 is 19.1 Å². The van der Waals surface area contributed by atoms with Crippen LogP contribution >= 0.6 is 0 Å². The standard InChI is InChI=1S/C15H18N2O4/c1-2-20-15(19)13-11-16-17(14(13)18)9-6-10-21-12-7-4-3-5-8-12/h3-5,7-8,11,13H,2,6,9-10H2,1H3. The van der Waals surface area contributed by atoms with E-state index in [1.54, 1.807) is 6.92 Å². The molecule has 1 atom stereocenters. The van der Waals surface area contributed by atoms with E-state index in [9.17, 15) is 9.59 Å². The van der Waals surface area contributed by atoms with Gasteiger partial charge in [0.15, 0.2) is 5.92 Å². The van der Waals surface area contributed by atoms with E-state index in [-0.39, 0.29) is 12.5 Å². The van der Waals surface area contributed by atoms with Crippen LogP contribution < -0.4 is 4.74 Å². The highest BCUT2D eigenvalue weighted by molar-refractivity contribution is 6.13. The summed E-state index contributed by atoms with van der Waals surface area (Å²) in [7, 11) is 0. The molecule has 112 valence electrons. The summed E-state index contributed by atoms with van der Waals surface area (Å²) in [5, 5.41) is 5.24. The predicted octanol–water partition coefficient (Wildman–Crippen LogP) is 1.46. The molecule has 1 aliphatic rings. The zero-order valence-electron chi connectivity index (χ0n) is 11.9. The summed E-state index contributed by atoms with van der Waals surface area (Å²) in [6.45, 7) is 2.85. The van der Waals surface area contributed by atoms with Gasteiger partial charge in [0, 0.05) is 19.2 Å². The van der Waals surface area contributed by atoms with E-state index in [0.717, 1.165) is 5.75 Å². The molecule has 1 aromatic rings. The molecule has 6 nitrogen and oxygen atoms in total. The Balaban J connectivity index is 1.71. The molecule has 0 fully saturated rings. The third kappa shape index (κ3) is 4.05. The van der Waals surface area contributed by atoms with Gasteiger partial charge in [0.25, 0.3) is 5.91 Å². The van der Waals surface area contributed by atoms with Crippen LogP contribution in [0.5, 0.6) is 5.75 Å². The van der Waals surface area contributed by atoms with Crippen molar-refractivity contribution >= 4 is 18.1 Å². The van der Waals surface area contributed by atoms with Crippen molar-refractivity contribution in [2.45, 2.75) is 13.3 Å². The Bertz CT molecular complexity index is 516. The van der Waals surface area contributed by atoms with Crippen LogP contribution in [0.4, 0.5) is 0 Å². The molecule has 0 aliphatic carbocycles. The molecule has 0 aromatic heterocycles. The zero-order chi connectivity index (χ0) is 15.1. The lowest BCUT2D eigenvalue weighted by atomic mass is 10.1. The Kier molecular flexibility index (Phi) is 5.31. The smallest absolute Gasteiger partial charge is 0.324 e. The van der Waals surface area contributed by atoms with Crippen LogP contribution in [0.3, 0.4) is 0 Å². The molecule has 0 saturated heterocycles. The molecule has 1 aliphatic heterocycles. The molecule has 6 heteroatoms. The van der Waals surface area contributed by atoms with Gasteiger partial charge in [-0.25, -0.2) is 5.01 Å². The molecule has 1 aromatic carbocycles. The first kappa shape index (κ1) is 15.0. The van der Waals surface area contributed by atoms with Crippen LogP contribution in [-0.4, -0.2) is 42.9 Å². The first-order valence-corrected chi connectivity index (χ1v) is 6.92. The molecule has 0 spiro atoms. The molecule has 1 amide bonds. The predicted molar refractivity (Wildman–Crippen MR) is 76.9 cm³/mol. The normalized spacial score (nSPS) is 17.1. The summed E-state index contributed by atoms with van der Waals surface area (Å²) in [6.07, 6.45) is 1.96. The maximum Gasteiger partial charge on any atom is 0.324 e. The average Bonchev–Trinajstić information content (AvgIpc) is 2.86. The minimum absolute atomic E-state index is 0.251. The lowest BCUT2D eigenvalue weighted by Crippen LogP contribution is -2.33. The van der Waals surface area contributed by atoms with Crippen molar-refractivity contribution in [2.24, 2.45) is 11.0 Å². The molecule has 1 unspecified atom stereocenters. The Morgan fingerprint density at radius 3 is 2.81 bits per heavy atom. The second kappa shape index (κ2) is 7.42. The van der Waals surface area contributed by atoms with Gasteiger partial charge in [0.2, 0.25) is 0 Å². The first-order chi connectivity index (χ1) is 10.2. The van der Waals surface area contributed by atoms with Crippen molar-refractivity contribution in [1.82, 2.24) is 5.01 Å². The molecular formula is C15H18N2O4. The van der Waals surface area contributed by atoms with Crippen LogP contribution in [0.2, 0.25) is 0 Å². The summed E-state index contributed by atoms with van der Waals surface area (Å²) in [6, 6.07) is 9.45. The number of ether oxygens (including phenoxy) is 2. The zero-order valence-corrected chi connectivity index (χ0v) is 11.9. The monoisotopic (exact) mass is 290 g/mol. The van der Waals surface area contributed by atoms with Crippen LogP contribution in [0.1, 0.15) is 13.3 Å². The topological polar surface area (TPSA) is 68.2 Å². The van der Waals surface area contributed by atoms with E-state index in [4.69, 9.17) is 9.47 Å². The van der Waals surface area contributed by atoms with Crippen LogP contribution in [-0.2, 0) is 14.3 Å². The third-order valence-corrected chi connectivity index (χ3v) is 2.94. The molecule has 1 heterocycles. The molecule has 0 bridgehead atoms. The number of carbonyl (C=O) groups excluding carboxylic acids is 2. The van der Waals surface area contributed by atoms with Gasteiger partial charge >= 0.3 is 5.97 Å². The van der Waals surface area contributed by atoms with Crippen LogP contribution in [0.15, 0.2) is 35.4 Å². The van der Waals surface area contributed by atoms with Crippen molar-refractivity contribution in [3.63, 3.8) is 0 Å². The van der Waals surface area contributed by atoms with Gasteiger partial charge < -0.3 is 9.47 Å². The number of rotatable bonds is 7. The van der Waals surface area contributed by atoms with Crippen molar-refractivity contribution in [3.8, 4) is 5.75 Å². The van der Waals surface area contributed by atoms with Gasteiger partial charge in [-0.1, -0.05) is 18.2 Å². The number of carbonyl (C=O) groups is 2. The second-order valence-electron chi connectivity index (χ2n) is 4.47. The maximum atomic E-state index is 11.9. The minimum atomic E-state index is -0.903. The fraction of sp³-hybridized carbons (Fsp3) is 0.400. The highest BCUT2D eigenvalue weighted by Gasteiger charge is 2.35. The summed E-state index contributed by atoms with van der Waals surface area (Å²) < 4.78 is 10.4. The average molecular weight is 290 g/mol. The van der Waals surface area contributed by atoms with E-state index in [1.165, 1.54) is 11.2 Å². The van der Waals surface area contributed by atoms with Gasteiger partial charge in [0.05, 0.1) is 13.2 Å². The molecule has 0 radical (unpaired) electrons. The third-order valence-electron chi connectivity index (χ3n) is 2.94. The number of hydrogen-bond donors (Lipinski definition) is 0. The van der Waals surface area contributed by atoms with E-state index >= 15 is 0 Å². The van der Waals surface area contributed by atoms with E-state index in [2.05, 4.69) is 5.10 Å². The van der Waals surface area contributed by atoms with Gasteiger partial charge in [-0.3, -0.25) is 9.59 Å². The quantitative estimate of drug-likeness (QED) is 0.433. The van der Waals surface area contributed by atoms with Crippen LogP contribution in [0, 0.1) is 5.92 Å². The first-order valence-electron chi connectivity index (χ1n) is 6.92. The minimum Gasteiger partial charge on any atom is -0.494 e. The number of para-hydroxylation sites is 1. The molecular weight excluding hydrogens is 272 g/mol. The second-order valence-corrected chi connectivity index (χ2v) is 4.47. The van der Waals surface area contributed by atoms with E-state index < -0.39 is 11.9 Å². The number of hydrogen-bond acceptors (Lipinski definition) is 5. The van der Waals surface area contributed by atoms with E-state index in [1.807, 2.05) is 30.3 Å². The SMILES string of the molecule is CCOC(=O)C1C=NN(CCCOc2ccccc2)C1=O. The number of amides is 1. The fourth-order valence-corrected chi connectivity index (χ4v) is 1.91. The van der Waals surface area contributed by atoms with Gasteiger partial charge in [-0.15, -0.1) is 0 Å². The van der Waals surface area contributed by atoms with Crippen molar-refractivity contribution in [2.75, 3.05) is 19.8 Å². The summed E-state index contributed by atoms with van der Waals surface area (Å²) >= 11 is 0. The number of benzene rings is 1. The largest absolute Gasteiger partial charge is 0.494 e. The van der Waals surface area contributed by atoms with Gasteiger partial charge in [-0.2, -0.15) is 5.10 Å². The lowest BCUT2D eigenvalue weighted by molar-refractivity contribution is -0.150. The van der Waals surface area contributed by atoms with Crippen LogP contribution in [0.25, 0.3) is 0 Å². The van der Waals surface area contributed by atoms with Crippen molar-refractivity contribution in [3.05, 3.63) is 30.3 Å². The van der Waals surface area contributed by atoms with Crippen molar-refractivity contribution in [1.29, 1.82) is 0 Å². The summed E-state index contributed by atoms with van der Waals surface area (Å²) in [5.41, 5.74) is 0. The Hall–Kier alpha value is -2.37. The Morgan fingerprint density at radius 2 is 2.10 bits per heavy atom. The molecule has 0 N–H and O–H groups in total. The Morgan fingerprint density at radius 1 is 1.33 bits per heavy atom. The van der Waals surface area contributed by atoms with Gasteiger partial charge in [-0.05, 0) is 19.1 Å². The molecule has 0 saturated carbocycles. The highest BCUT2D eigenvalue weighted by atomic mass is 16.5. The lowest BCUT2D eigenvalue weighted by Gasteiger charge is -2.14.